The lowest BCUT2D eigenvalue weighted by molar-refractivity contribution is 0.338. The van der Waals surface area contributed by atoms with Crippen LogP contribution in [0.1, 0.15) is 38.8 Å². The quantitative estimate of drug-likeness (QED) is 0.800. The van der Waals surface area contributed by atoms with E-state index < -0.39 is 17.7 Å². The van der Waals surface area contributed by atoms with Crippen molar-refractivity contribution >= 4 is 0 Å². The van der Waals surface area contributed by atoms with Gasteiger partial charge in [-0.15, -0.1) is 0 Å². The molecule has 0 saturated carbocycles. The molecule has 0 saturated heterocycles. The Balaban J connectivity index is 2.90. The van der Waals surface area contributed by atoms with Gasteiger partial charge in [-0.3, -0.25) is 0 Å². The molecule has 0 radical (unpaired) electrons. The van der Waals surface area contributed by atoms with E-state index in [0.717, 1.165) is 12.1 Å². The van der Waals surface area contributed by atoms with E-state index in [9.17, 15) is 8.78 Å². The molecule has 0 aliphatic rings. The van der Waals surface area contributed by atoms with E-state index in [1.165, 1.54) is 6.07 Å². The number of nitrogens with two attached hydrogens (primary N) is 1. The molecule has 1 rings (SSSR count). The first kappa shape index (κ1) is 12.1. The first-order chi connectivity index (χ1) is 6.79. The van der Waals surface area contributed by atoms with Gasteiger partial charge in [0.1, 0.15) is 11.6 Å². The van der Waals surface area contributed by atoms with Crippen molar-refractivity contribution in [2.75, 3.05) is 0 Å². The van der Waals surface area contributed by atoms with E-state index >= 15 is 0 Å². The summed E-state index contributed by atoms with van der Waals surface area (Å²) in [7, 11) is 0. The molecular weight excluding hydrogens is 196 g/mol. The van der Waals surface area contributed by atoms with E-state index in [1.54, 1.807) is 0 Å². The van der Waals surface area contributed by atoms with E-state index in [0.29, 0.717) is 6.42 Å². The molecule has 0 bridgehead atoms. The molecule has 0 heterocycles. The Morgan fingerprint density at radius 3 is 2.40 bits per heavy atom. The molecule has 0 spiro atoms. The van der Waals surface area contributed by atoms with Gasteiger partial charge in [-0.1, -0.05) is 20.8 Å². The van der Waals surface area contributed by atoms with Crippen molar-refractivity contribution in [1.29, 1.82) is 0 Å². The van der Waals surface area contributed by atoms with Crippen LogP contribution < -0.4 is 5.73 Å². The highest BCUT2D eigenvalue weighted by Crippen LogP contribution is 2.29. The first-order valence-electron chi connectivity index (χ1n) is 5.00. The molecule has 1 atom stereocenters. The fourth-order valence-corrected chi connectivity index (χ4v) is 1.57. The minimum absolute atomic E-state index is 0.00181. The minimum atomic E-state index is -0.458. The standard InChI is InChI=1S/C12H17F2N/c1-12(2,3)7-11(15)9-6-8(13)4-5-10(9)14/h4-6,11H,7,15H2,1-3H3/t11-/m0/s1. The fourth-order valence-electron chi connectivity index (χ4n) is 1.57. The number of halogens is 2. The van der Waals surface area contributed by atoms with Crippen LogP contribution in [-0.2, 0) is 0 Å². The Bertz CT molecular complexity index is 342. The van der Waals surface area contributed by atoms with Crippen molar-refractivity contribution < 1.29 is 8.78 Å². The van der Waals surface area contributed by atoms with E-state index in [-0.39, 0.29) is 11.0 Å². The Labute approximate surface area is 89.3 Å². The summed E-state index contributed by atoms with van der Waals surface area (Å²) in [5.41, 5.74) is 6.10. The second-order valence-corrected chi connectivity index (χ2v) is 5.04. The predicted octanol–water partition coefficient (Wildman–Crippen LogP) is 3.40. The summed E-state index contributed by atoms with van der Waals surface area (Å²) < 4.78 is 26.3. The number of hydrogen-bond donors (Lipinski definition) is 1. The third-order valence-electron chi connectivity index (χ3n) is 2.19. The van der Waals surface area contributed by atoms with Gasteiger partial charge in [-0.05, 0) is 30.0 Å². The van der Waals surface area contributed by atoms with Crippen molar-refractivity contribution in [2.45, 2.75) is 33.2 Å². The third-order valence-corrected chi connectivity index (χ3v) is 2.19. The smallest absolute Gasteiger partial charge is 0.128 e. The topological polar surface area (TPSA) is 26.0 Å². The third kappa shape index (κ3) is 3.59. The van der Waals surface area contributed by atoms with Gasteiger partial charge in [0, 0.05) is 11.6 Å². The molecule has 0 fully saturated rings. The average molecular weight is 213 g/mol. The lowest BCUT2D eigenvalue weighted by atomic mass is 9.86. The summed E-state index contributed by atoms with van der Waals surface area (Å²) in [4.78, 5) is 0. The highest BCUT2D eigenvalue weighted by molar-refractivity contribution is 5.22. The Hall–Kier alpha value is -0.960. The van der Waals surface area contributed by atoms with Gasteiger partial charge in [0.2, 0.25) is 0 Å². The molecule has 15 heavy (non-hydrogen) atoms. The molecule has 2 N–H and O–H groups in total. The molecule has 1 aromatic rings. The summed E-state index contributed by atoms with van der Waals surface area (Å²) in [6.45, 7) is 6.05. The van der Waals surface area contributed by atoms with Crippen LogP contribution in [0.2, 0.25) is 0 Å². The van der Waals surface area contributed by atoms with Gasteiger partial charge in [0.25, 0.3) is 0 Å². The largest absolute Gasteiger partial charge is 0.324 e. The second-order valence-electron chi connectivity index (χ2n) is 5.04. The molecule has 0 aromatic heterocycles. The van der Waals surface area contributed by atoms with Crippen LogP contribution in [0, 0.1) is 17.0 Å². The van der Waals surface area contributed by atoms with Crippen LogP contribution in [0.5, 0.6) is 0 Å². The van der Waals surface area contributed by atoms with Gasteiger partial charge in [-0.2, -0.15) is 0 Å². The van der Waals surface area contributed by atoms with E-state index in [4.69, 9.17) is 5.73 Å². The maximum absolute atomic E-state index is 13.3. The van der Waals surface area contributed by atoms with Crippen LogP contribution in [0.15, 0.2) is 18.2 Å². The van der Waals surface area contributed by atoms with E-state index in [2.05, 4.69) is 0 Å². The predicted molar refractivity (Wildman–Crippen MR) is 57.4 cm³/mol. The van der Waals surface area contributed by atoms with Crippen LogP contribution in [-0.4, -0.2) is 0 Å². The number of hydrogen-bond acceptors (Lipinski definition) is 1. The van der Waals surface area contributed by atoms with Gasteiger partial charge in [-0.25, -0.2) is 8.78 Å². The Kier molecular flexibility index (Phi) is 3.45. The average Bonchev–Trinajstić information content (AvgIpc) is 2.06. The van der Waals surface area contributed by atoms with Crippen LogP contribution in [0.25, 0.3) is 0 Å². The Morgan fingerprint density at radius 2 is 1.87 bits per heavy atom. The van der Waals surface area contributed by atoms with Gasteiger partial charge < -0.3 is 5.73 Å². The summed E-state index contributed by atoms with van der Waals surface area (Å²) >= 11 is 0. The molecular formula is C12H17F2N. The van der Waals surface area contributed by atoms with Crippen molar-refractivity contribution in [3.63, 3.8) is 0 Å². The van der Waals surface area contributed by atoms with Crippen molar-refractivity contribution in [3.8, 4) is 0 Å². The maximum Gasteiger partial charge on any atom is 0.128 e. The molecule has 3 heteroatoms. The normalized spacial score (nSPS) is 14.0. The monoisotopic (exact) mass is 213 g/mol. The lowest BCUT2D eigenvalue weighted by Gasteiger charge is -2.23. The molecule has 0 amide bonds. The fraction of sp³-hybridized carbons (Fsp3) is 0.500. The maximum atomic E-state index is 13.3. The zero-order valence-electron chi connectivity index (χ0n) is 9.35. The summed E-state index contributed by atoms with van der Waals surface area (Å²) in [6, 6.07) is 2.93. The summed E-state index contributed by atoms with van der Waals surface area (Å²) in [5.74, 6) is -0.885. The van der Waals surface area contributed by atoms with Crippen LogP contribution >= 0.6 is 0 Å². The van der Waals surface area contributed by atoms with Gasteiger partial charge >= 0.3 is 0 Å². The molecule has 0 unspecified atom stereocenters. The summed E-state index contributed by atoms with van der Waals surface area (Å²) in [6.07, 6.45) is 0.618. The minimum Gasteiger partial charge on any atom is -0.324 e. The van der Waals surface area contributed by atoms with Gasteiger partial charge in [0.05, 0.1) is 0 Å². The molecule has 84 valence electrons. The van der Waals surface area contributed by atoms with Crippen molar-refractivity contribution in [2.24, 2.45) is 11.1 Å². The molecule has 1 aromatic carbocycles. The van der Waals surface area contributed by atoms with Crippen LogP contribution in [0.3, 0.4) is 0 Å². The van der Waals surface area contributed by atoms with Crippen LogP contribution in [0.4, 0.5) is 8.78 Å². The molecule has 0 aliphatic carbocycles. The lowest BCUT2D eigenvalue weighted by Crippen LogP contribution is -2.19. The zero-order valence-corrected chi connectivity index (χ0v) is 9.35. The van der Waals surface area contributed by atoms with Crippen molar-refractivity contribution in [1.82, 2.24) is 0 Å². The summed E-state index contributed by atoms with van der Waals surface area (Å²) in [5, 5.41) is 0. The second kappa shape index (κ2) is 4.27. The highest BCUT2D eigenvalue weighted by atomic mass is 19.1. The molecule has 0 aliphatic heterocycles. The highest BCUT2D eigenvalue weighted by Gasteiger charge is 2.19. The zero-order chi connectivity index (χ0) is 11.6. The Morgan fingerprint density at radius 1 is 1.27 bits per heavy atom. The van der Waals surface area contributed by atoms with Crippen molar-refractivity contribution in [3.05, 3.63) is 35.4 Å². The van der Waals surface area contributed by atoms with Gasteiger partial charge in [0.15, 0.2) is 0 Å². The first-order valence-corrected chi connectivity index (χ1v) is 5.00. The number of benzene rings is 1. The number of rotatable bonds is 2. The van der Waals surface area contributed by atoms with E-state index in [1.807, 2.05) is 20.8 Å². The SMILES string of the molecule is CC(C)(C)C[C@H](N)c1cc(F)ccc1F. The molecule has 1 nitrogen and oxygen atoms in total.